The normalized spacial score (nSPS) is 13.8. The molecule has 0 radical (unpaired) electrons. The number of hydrogen-bond donors (Lipinski definition) is 1. The van der Waals surface area contributed by atoms with Gasteiger partial charge in [0, 0.05) is 35.1 Å². The van der Waals surface area contributed by atoms with Gasteiger partial charge >= 0.3 is 0 Å². The second-order valence-corrected chi connectivity index (χ2v) is 8.63. The number of carbonyl (C=O) groups excluding carboxylic acids is 1. The third kappa shape index (κ3) is 5.52. The zero-order valence-electron chi connectivity index (χ0n) is 16.6. The Morgan fingerprint density at radius 3 is 2.50 bits per heavy atom. The third-order valence-corrected chi connectivity index (χ3v) is 6.14. The first kappa shape index (κ1) is 20.7. The third-order valence-electron chi connectivity index (χ3n) is 4.98. The summed E-state index contributed by atoms with van der Waals surface area (Å²) in [6.45, 7) is 2.27. The molecule has 1 N–H and O–H groups in total. The average Bonchev–Trinajstić information content (AvgIpc) is 2.79. The SMILES string of the molecule is O=C(CSc1ccc(-c2ccc(N3CCCCC3)cc2)nn1)Nc1cccc(Cl)c1. The summed E-state index contributed by atoms with van der Waals surface area (Å²) in [4.78, 5) is 14.6. The highest BCUT2D eigenvalue weighted by molar-refractivity contribution is 7.99. The molecule has 5 nitrogen and oxygen atoms in total. The number of carbonyl (C=O) groups is 1. The Labute approximate surface area is 185 Å². The highest BCUT2D eigenvalue weighted by Crippen LogP contribution is 2.25. The zero-order valence-corrected chi connectivity index (χ0v) is 18.1. The average molecular weight is 439 g/mol. The molecule has 1 saturated heterocycles. The Hall–Kier alpha value is -2.57. The van der Waals surface area contributed by atoms with E-state index in [0.717, 1.165) is 24.3 Å². The minimum Gasteiger partial charge on any atom is -0.372 e. The van der Waals surface area contributed by atoms with E-state index in [1.807, 2.05) is 12.1 Å². The lowest BCUT2D eigenvalue weighted by atomic mass is 10.1. The monoisotopic (exact) mass is 438 g/mol. The molecule has 1 aliphatic rings. The molecule has 1 aliphatic heterocycles. The van der Waals surface area contributed by atoms with Gasteiger partial charge in [-0.3, -0.25) is 4.79 Å². The van der Waals surface area contributed by atoms with Crippen molar-refractivity contribution in [1.29, 1.82) is 0 Å². The molecule has 3 aromatic rings. The number of nitrogens with zero attached hydrogens (tertiary/aromatic N) is 3. The predicted molar refractivity (Wildman–Crippen MR) is 124 cm³/mol. The number of amides is 1. The molecule has 0 spiro atoms. The fourth-order valence-electron chi connectivity index (χ4n) is 3.45. The van der Waals surface area contributed by atoms with E-state index in [1.54, 1.807) is 24.3 Å². The van der Waals surface area contributed by atoms with Crippen LogP contribution in [0.2, 0.25) is 5.02 Å². The first-order chi connectivity index (χ1) is 14.7. The summed E-state index contributed by atoms with van der Waals surface area (Å²) in [5.41, 5.74) is 3.82. The molecule has 1 fully saturated rings. The van der Waals surface area contributed by atoms with Crippen molar-refractivity contribution in [3.05, 3.63) is 65.7 Å². The molecule has 4 rings (SSSR count). The molecule has 7 heteroatoms. The van der Waals surface area contributed by atoms with Crippen LogP contribution in [-0.4, -0.2) is 34.9 Å². The van der Waals surface area contributed by atoms with Crippen LogP contribution in [0.3, 0.4) is 0 Å². The lowest BCUT2D eigenvalue weighted by molar-refractivity contribution is -0.113. The number of piperidine rings is 1. The van der Waals surface area contributed by atoms with Crippen LogP contribution in [0.15, 0.2) is 65.7 Å². The summed E-state index contributed by atoms with van der Waals surface area (Å²) in [5.74, 6) is 0.145. The van der Waals surface area contributed by atoms with Gasteiger partial charge in [-0.05, 0) is 61.7 Å². The molecule has 0 bridgehead atoms. The van der Waals surface area contributed by atoms with E-state index in [0.29, 0.717) is 15.7 Å². The van der Waals surface area contributed by atoms with Crippen molar-refractivity contribution >= 4 is 40.6 Å². The standard InChI is InChI=1S/C23H23ClN4OS/c24-18-5-4-6-19(15-18)25-22(29)16-30-23-12-11-21(26-27-23)17-7-9-20(10-8-17)28-13-2-1-3-14-28/h4-12,15H,1-3,13-14,16H2,(H,25,29). The summed E-state index contributed by atoms with van der Waals surface area (Å²) in [6, 6.07) is 19.4. The number of benzene rings is 2. The van der Waals surface area contributed by atoms with Gasteiger partial charge < -0.3 is 10.2 Å². The number of anilines is 2. The summed E-state index contributed by atoms with van der Waals surface area (Å²) in [7, 11) is 0. The lowest BCUT2D eigenvalue weighted by Crippen LogP contribution is -2.29. The molecule has 1 aromatic heterocycles. The topological polar surface area (TPSA) is 58.1 Å². The van der Waals surface area contributed by atoms with Crippen LogP contribution in [0.25, 0.3) is 11.3 Å². The quantitative estimate of drug-likeness (QED) is 0.513. The lowest BCUT2D eigenvalue weighted by Gasteiger charge is -2.28. The molecule has 0 atom stereocenters. The van der Waals surface area contributed by atoms with Crippen molar-refractivity contribution in [2.45, 2.75) is 24.3 Å². The maximum atomic E-state index is 12.1. The van der Waals surface area contributed by atoms with E-state index < -0.39 is 0 Å². The predicted octanol–water partition coefficient (Wildman–Crippen LogP) is 5.52. The first-order valence-corrected chi connectivity index (χ1v) is 11.4. The van der Waals surface area contributed by atoms with Crippen molar-refractivity contribution in [2.75, 3.05) is 29.1 Å². The van der Waals surface area contributed by atoms with Gasteiger partial charge in [0.2, 0.25) is 5.91 Å². The number of nitrogens with one attached hydrogen (secondary N) is 1. The van der Waals surface area contributed by atoms with Gasteiger partial charge in [-0.25, -0.2) is 0 Å². The molecule has 0 aliphatic carbocycles. The van der Waals surface area contributed by atoms with Crippen molar-refractivity contribution < 1.29 is 4.79 Å². The number of hydrogen-bond acceptors (Lipinski definition) is 5. The molecular formula is C23H23ClN4OS. The van der Waals surface area contributed by atoms with Gasteiger partial charge in [0.25, 0.3) is 0 Å². The summed E-state index contributed by atoms with van der Waals surface area (Å²) in [5, 5.41) is 12.7. The van der Waals surface area contributed by atoms with Crippen molar-refractivity contribution in [3.8, 4) is 11.3 Å². The van der Waals surface area contributed by atoms with E-state index in [9.17, 15) is 4.79 Å². The zero-order chi connectivity index (χ0) is 20.8. The fraction of sp³-hybridized carbons (Fsp3) is 0.261. The van der Waals surface area contributed by atoms with E-state index >= 15 is 0 Å². The maximum absolute atomic E-state index is 12.1. The molecule has 154 valence electrons. The number of halogens is 1. The van der Waals surface area contributed by atoms with Gasteiger partial charge in [0.15, 0.2) is 0 Å². The fourth-order valence-corrected chi connectivity index (χ4v) is 4.25. The summed E-state index contributed by atoms with van der Waals surface area (Å²) >= 11 is 7.29. The highest BCUT2D eigenvalue weighted by Gasteiger charge is 2.11. The van der Waals surface area contributed by atoms with Gasteiger partial charge in [0.1, 0.15) is 5.03 Å². The van der Waals surface area contributed by atoms with Crippen molar-refractivity contribution in [1.82, 2.24) is 10.2 Å². The van der Waals surface area contributed by atoms with Crippen LogP contribution in [0, 0.1) is 0 Å². The van der Waals surface area contributed by atoms with Gasteiger partial charge in [-0.1, -0.05) is 41.6 Å². The van der Waals surface area contributed by atoms with Gasteiger partial charge in [-0.2, -0.15) is 0 Å². The summed E-state index contributed by atoms with van der Waals surface area (Å²) in [6.07, 6.45) is 3.86. The number of aromatic nitrogens is 2. The minimum atomic E-state index is -0.110. The maximum Gasteiger partial charge on any atom is 0.234 e. The summed E-state index contributed by atoms with van der Waals surface area (Å²) < 4.78 is 0. The first-order valence-electron chi connectivity index (χ1n) is 10.0. The van der Waals surface area contributed by atoms with Gasteiger partial charge in [0.05, 0.1) is 11.4 Å². The van der Waals surface area contributed by atoms with Crippen molar-refractivity contribution in [3.63, 3.8) is 0 Å². The van der Waals surface area contributed by atoms with E-state index in [1.165, 1.54) is 36.7 Å². The van der Waals surface area contributed by atoms with Crippen LogP contribution in [0.5, 0.6) is 0 Å². The van der Waals surface area contributed by atoms with Crippen LogP contribution >= 0.6 is 23.4 Å². The Morgan fingerprint density at radius 2 is 1.80 bits per heavy atom. The molecule has 2 heterocycles. The van der Waals surface area contributed by atoms with Crippen molar-refractivity contribution in [2.24, 2.45) is 0 Å². The molecule has 0 unspecified atom stereocenters. The number of rotatable bonds is 6. The second-order valence-electron chi connectivity index (χ2n) is 7.20. The Bertz CT molecular complexity index is 989. The van der Waals surface area contributed by atoms with Gasteiger partial charge in [-0.15, -0.1) is 10.2 Å². The number of thioether (sulfide) groups is 1. The molecule has 0 saturated carbocycles. The largest absolute Gasteiger partial charge is 0.372 e. The second kappa shape index (κ2) is 9.96. The van der Waals surface area contributed by atoms with Crippen LogP contribution < -0.4 is 10.2 Å². The van der Waals surface area contributed by atoms with E-state index in [4.69, 9.17) is 11.6 Å². The molecule has 30 heavy (non-hydrogen) atoms. The minimum absolute atomic E-state index is 0.110. The molecule has 2 aromatic carbocycles. The Balaban J connectivity index is 1.32. The van der Waals surface area contributed by atoms with E-state index in [-0.39, 0.29) is 11.7 Å². The van der Waals surface area contributed by atoms with Crippen LogP contribution in [-0.2, 0) is 4.79 Å². The Kier molecular flexibility index (Phi) is 6.87. The molecular weight excluding hydrogens is 416 g/mol. The van der Waals surface area contributed by atoms with Crippen LogP contribution in [0.1, 0.15) is 19.3 Å². The smallest absolute Gasteiger partial charge is 0.234 e. The van der Waals surface area contributed by atoms with E-state index in [2.05, 4.69) is 44.7 Å². The van der Waals surface area contributed by atoms with Crippen LogP contribution in [0.4, 0.5) is 11.4 Å². The molecule has 1 amide bonds. The Morgan fingerprint density at radius 1 is 1.00 bits per heavy atom. The highest BCUT2D eigenvalue weighted by atomic mass is 35.5.